The SMILES string of the molecule is COC(=O)[C@H](CN(C)S(=O)(=O)c1ccccc1N=O)NC(=O)OC(C)(C)C. The number of amides is 1. The third-order valence-corrected chi connectivity index (χ3v) is 5.14. The first-order valence-corrected chi connectivity index (χ1v) is 9.32. The molecular weight excluding hydrogens is 378 g/mol. The van der Waals surface area contributed by atoms with Gasteiger partial charge in [0.2, 0.25) is 10.0 Å². The molecule has 1 aromatic rings. The molecule has 0 fully saturated rings. The van der Waals surface area contributed by atoms with Gasteiger partial charge in [0, 0.05) is 13.6 Å². The minimum atomic E-state index is -4.15. The molecule has 1 amide bonds. The highest BCUT2D eigenvalue weighted by molar-refractivity contribution is 7.89. The highest BCUT2D eigenvalue weighted by atomic mass is 32.2. The molecule has 10 nitrogen and oxygen atoms in total. The maximum Gasteiger partial charge on any atom is 0.408 e. The van der Waals surface area contributed by atoms with Gasteiger partial charge in [-0.2, -0.15) is 4.31 Å². The third kappa shape index (κ3) is 6.29. The molecule has 27 heavy (non-hydrogen) atoms. The number of carbonyl (C=O) groups excluding carboxylic acids is 2. The Morgan fingerprint density at radius 3 is 2.37 bits per heavy atom. The van der Waals surface area contributed by atoms with Gasteiger partial charge in [-0.15, -0.1) is 4.91 Å². The van der Waals surface area contributed by atoms with Gasteiger partial charge in [0.15, 0.2) is 0 Å². The van der Waals surface area contributed by atoms with Gasteiger partial charge in [0.25, 0.3) is 0 Å². The van der Waals surface area contributed by atoms with E-state index in [9.17, 15) is 22.9 Å². The minimum absolute atomic E-state index is 0.265. The zero-order chi connectivity index (χ0) is 20.8. The summed E-state index contributed by atoms with van der Waals surface area (Å²) in [6.45, 7) is 4.47. The standard InChI is InChI=1S/C16H23N3O7S/c1-16(2,3)26-15(21)17-12(14(20)25-5)10-19(4)27(23,24)13-9-7-6-8-11(13)18-22/h6-9,12H,10H2,1-5H3,(H,17,21)/t12-/m0/s1. The molecule has 0 saturated carbocycles. The smallest absolute Gasteiger partial charge is 0.408 e. The Morgan fingerprint density at radius 2 is 1.85 bits per heavy atom. The van der Waals surface area contributed by atoms with Crippen LogP contribution in [0.5, 0.6) is 0 Å². The molecule has 0 spiro atoms. The quantitative estimate of drug-likeness (QED) is 0.544. The Kier molecular flexibility index (Phi) is 7.43. The van der Waals surface area contributed by atoms with Gasteiger partial charge in [0.05, 0.1) is 7.11 Å². The highest BCUT2D eigenvalue weighted by Crippen LogP contribution is 2.26. The topological polar surface area (TPSA) is 131 Å². The summed E-state index contributed by atoms with van der Waals surface area (Å²) in [4.78, 5) is 34.4. The molecule has 0 aromatic heterocycles. The van der Waals surface area contributed by atoms with E-state index in [1.807, 2.05) is 0 Å². The van der Waals surface area contributed by atoms with Crippen LogP contribution in [0.1, 0.15) is 20.8 Å². The van der Waals surface area contributed by atoms with Crippen molar-refractivity contribution in [2.75, 3.05) is 20.7 Å². The fourth-order valence-electron chi connectivity index (χ4n) is 2.05. The van der Waals surface area contributed by atoms with Gasteiger partial charge in [-0.25, -0.2) is 18.0 Å². The van der Waals surface area contributed by atoms with Crippen molar-refractivity contribution >= 4 is 27.8 Å². The Hall–Kier alpha value is -2.53. The van der Waals surface area contributed by atoms with Gasteiger partial charge in [-0.1, -0.05) is 12.1 Å². The first-order chi connectivity index (χ1) is 12.4. The predicted octanol–water partition coefficient (Wildman–Crippen LogP) is 1.77. The van der Waals surface area contributed by atoms with Crippen molar-refractivity contribution in [1.29, 1.82) is 0 Å². The molecule has 0 bridgehead atoms. The molecule has 1 atom stereocenters. The number of hydrogen-bond acceptors (Lipinski definition) is 8. The number of nitrogens with zero attached hydrogens (tertiary/aromatic N) is 2. The maximum atomic E-state index is 12.7. The van der Waals surface area contributed by atoms with Crippen molar-refractivity contribution < 1.29 is 27.5 Å². The van der Waals surface area contributed by atoms with Crippen LogP contribution in [0.15, 0.2) is 34.3 Å². The first kappa shape index (κ1) is 22.5. The second kappa shape index (κ2) is 8.91. The molecule has 0 aliphatic rings. The number of ether oxygens (including phenoxy) is 2. The number of rotatable bonds is 7. The minimum Gasteiger partial charge on any atom is -0.467 e. The number of likely N-dealkylation sites (N-methyl/N-ethyl adjacent to an activating group) is 1. The Labute approximate surface area is 157 Å². The first-order valence-electron chi connectivity index (χ1n) is 7.88. The summed E-state index contributed by atoms with van der Waals surface area (Å²) in [6.07, 6.45) is -0.904. The molecule has 150 valence electrons. The Bertz CT molecular complexity index is 802. The summed E-state index contributed by atoms with van der Waals surface area (Å²) in [7, 11) is -1.85. The number of benzene rings is 1. The van der Waals surface area contributed by atoms with Crippen LogP contribution in [-0.4, -0.2) is 57.1 Å². The third-order valence-electron chi connectivity index (χ3n) is 3.27. The fraction of sp³-hybridized carbons (Fsp3) is 0.500. The van der Waals surface area contributed by atoms with Gasteiger partial charge in [-0.3, -0.25) is 0 Å². The number of nitrogens with one attached hydrogen (secondary N) is 1. The van der Waals surface area contributed by atoms with Crippen LogP contribution in [-0.2, 0) is 24.3 Å². The average molecular weight is 401 g/mol. The molecule has 0 radical (unpaired) electrons. The molecule has 0 unspecified atom stereocenters. The van der Waals surface area contributed by atoms with E-state index in [1.54, 1.807) is 20.8 Å². The summed E-state index contributed by atoms with van der Waals surface area (Å²) < 4.78 is 35.9. The zero-order valence-corrected chi connectivity index (χ0v) is 16.6. The van der Waals surface area contributed by atoms with E-state index < -0.39 is 40.3 Å². The lowest BCUT2D eigenvalue weighted by Crippen LogP contribution is -2.50. The second-order valence-corrected chi connectivity index (χ2v) is 8.58. The number of carbonyl (C=O) groups is 2. The molecule has 0 heterocycles. The molecular formula is C16H23N3O7S. The average Bonchev–Trinajstić information content (AvgIpc) is 2.58. The number of alkyl carbamates (subject to hydrolysis) is 1. The van der Waals surface area contributed by atoms with Crippen molar-refractivity contribution in [2.24, 2.45) is 5.18 Å². The number of methoxy groups -OCH3 is 1. The van der Waals surface area contributed by atoms with Gasteiger partial charge < -0.3 is 14.8 Å². The number of hydrogen-bond donors (Lipinski definition) is 1. The Morgan fingerprint density at radius 1 is 1.26 bits per heavy atom. The van der Waals surface area contributed by atoms with E-state index in [1.165, 1.54) is 31.3 Å². The molecule has 11 heteroatoms. The van der Waals surface area contributed by atoms with E-state index in [0.717, 1.165) is 11.4 Å². The Balaban J connectivity index is 3.05. The van der Waals surface area contributed by atoms with Crippen LogP contribution < -0.4 is 5.32 Å². The van der Waals surface area contributed by atoms with Crippen LogP contribution in [0.25, 0.3) is 0 Å². The lowest BCUT2D eigenvalue weighted by Gasteiger charge is -2.25. The summed E-state index contributed by atoms with van der Waals surface area (Å²) in [5.41, 5.74) is -1.07. The van der Waals surface area contributed by atoms with Crippen LogP contribution in [0.4, 0.5) is 10.5 Å². The molecule has 0 saturated heterocycles. The van der Waals surface area contributed by atoms with Crippen molar-refractivity contribution in [1.82, 2.24) is 9.62 Å². The lowest BCUT2D eigenvalue weighted by molar-refractivity contribution is -0.143. The summed E-state index contributed by atoms with van der Waals surface area (Å²) in [6, 6.07) is 4.06. The van der Waals surface area contributed by atoms with Crippen LogP contribution in [0, 0.1) is 4.91 Å². The fourth-order valence-corrected chi connectivity index (χ4v) is 3.35. The van der Waals surface area contributed by atoms with Crippen LogP contribution >= 0.6 is 0 Å². The number of nitroso groups, excluding NO2 is 1. The number of sulfonamides is 1. The zero-order valence-electron chi connectivity index (χ0n) is 15.8. The van der Waals surface area contributed by atoms with E-state index in [2.05, 4.69) is 15.2 Å². The van der Waals surface area contributed by atoms with Crippen molar-refractivity contribution in [2.45, 2.75) is 37.3 Å². The van der Waals surface area contributed by atoms with Crippen LogP contribution in [0.3, 0.4) is 0 Å². The van der Waals surface area contributed by atoms with E-state index >= 15 is 0 Å². The van der Waals surface area contributed by atoms with Crippen LogP contribution in [0.2, 0.25) is 0 Å². The van der Waals surface area contributed by atoms with Crippen molar-refractivity contribution in [3.63, 3.8) is 0 Å². The molecule has 0 aliphatic heterocycles. The monoisotopic (exact) mass is 401 g/mol. The molecule has 0 aliphatic carbocycles. The van der Waals surface area contributed by atoms with E-state index in [4.69, 9.17) is 4.74 Å². The largest absolute Gasteiger partial charge is 0.467 e. The predicted molar refractivity (Wildman–Crippen MR) is 96.9 cm³/mol. The summed E-state index contributed by atoms with van der Waals surface area (Å²) in [5.74, 6) is -0.857. The maximum absolute atomic E-state index is 12.7. The molecule has 1 N–H and O–H groups in total. The molecule has 1 aromatic carbocycles. The van der Waals surface area contributed by atoms with E-state index in [-0.39, 0.29) is 10.6 Å². The lowest BCUT2D eigenvalue weighted by atomic mass is 10.2. The van der Waals surface area contributed by atoms with Gasteiger partial charge in [0.1, 0.15) is 22.2 Å². The molecule has 1 rings (SSSR count). The number of esters is 1. The highest BCUT2D eigenvalue weighted by Gasteiger charge is 2.31. The second-order valence-electron chi connectivity index (χ2n) is 6.57. The van der Waals surface area contributed by atoms with Crippen molar-refractivity contribution in [3.05, 3.63) is 29.2 Å². The normalized spacial score (nSPS) is 13.0. The van der Waals surface area contributed by atoms with Crippen molar-refractivity contribution in [3.8, 4) is 0 Å². The van der Waals surface area contributed by atoms with Gasteiger partial charge >= 0.3 is 12.1 Å². The van der Waals surface area contributed by atoms with E-state index in [0.29, 0.717) is 0 Å². The summed E-state index contributed by atoms with van der Waals surface area (Å²) in [5, 5.41) is 4.98. The van der Waals surface area contributed by atoms with Gasteiger partial charge in [-0.05, 0) is 38.1 Å². The summed E-state index contributed by atoms with van der Waals surface area (Å²) >= 11 is 0.